The van der Waals surface area contributed by atoms with Gasteiger partial charge in [-0.05, 0) is 32.3 Å². The van der Waals surface area contributed by atoms with E-state index in [2.05, 4.69) is 18.8 Å². The van der Waals surface area contributed by atoms with Gasteiger partial charge in [-0.1, -0.05) is 37.6 Å². The molecule has 2 N–H and O–H groups in total. The van der Waals surface area contributed by atoms with Gasteiger partial charge < -0.3 is 14.8 Å². The molecular formula is C19H29ClNO2+. The topological polar surface area (TPSA) is 35.1 Å². The molecule has 4 heteroatoms. The normalized spacial score (nSPS) is 21.0. The van der Waals surface area contributed by atoms with Crippen LogP contribution in [0.4, 0.5) is 0 Å². The molecule has 23 heavy (non-hydrogen) atoms. The Labute approximate surface area is 145 Å². The van der Waals surface area contributed by atoms with Crippen molar-refractivity contribution in [2.24, 2.45) is 5.92 Å². The van der Waals surface area contributed by atoms with Crippen LogP contribution in [0.3, 0.4) is 0 Å². The van der Waals surface area contributed by atoms with Crippen LogP contribution >= 0.6 is 11.6 Å². The van der Waals surface area contributed by atoms with Crippen molar-refractivity contribution in [3.63, 3.8) is 0 Å². The van der Waals surface area contributed by atoms with E-state index in [0.717, 1.165) is 28.8 Å². The molecule has 1 aromatic carbocycles. The number of quaternary nitrogens is 1. The number of halogens is 1. The number of nitrogens with two attached hydrogens (primary N) is 1. The van der Waals surface area contributed by atoms with Gasteiger partial charge in [-0.3, -0.25) is 0 Å². The maximum absolute atomic E-state index is 6.45. The summed E-state index contributed by atoms with van der Waals surface area (Å²) in [5.41, 5.74) is 1.11. The molecule has 0 unspecified atom stereocenters. The van der Waals surface area contributed by atoms with Crippen LogP contribution in [0.25, 0.3) is 0 Å². The predicted octanol–water partition coefficient (Wildman–Crippen LogP) is 3.95. The van der Waals surface area contributed by atoms with Crippen molar-refractivity contribution in [1.82, 2.24) is 0 Å². The van der Waals surface area contributed by atoms with Crippen LogP contribution in [-0.4, -0.2) is 19.3 Å². The van der Waals surface area contributed by atoms with E-state index in [1.807, 2.05) is 19.1 Å². The molecule has 2 atom stereocenters. The molecule has 0 heterocycles. The van der Waals surface area contributed by atoms with Crippen molar-refractivity contribution >= 4 is 11.6 Å². The van der Waals surface area contributed by atoms with E-state index >= 15 is 0 Å². The van der Waals surface area contributed by atoms with Gasteiger partial charge in [0.05, 0.1) is 17.7 Å². The van der Waals surface area contributed by atoms with Gasteiger partial charge >= 0.3 is 0 Å². The summed E-state index contributed by atoms with van der Waals surface area (Å²) in [4.78, 5) is 0. The SMILES string of the molecule is C=CCOc1cc(Cl)c(C[NH2+][C@H]2CCCC[C@H]2C)cc1OCC. The fourth-order valence-electron chi connectivity index (χ4n) is 3.24. The third kappa shape index (κ3) is 5.15. The summed E-state index contributed by atoms with van der Waals surface area (Å²) in [5.74, 6) is 2.23. The average Bonchev–Trinajstić information content (AvgIpc) is 2.55. The van der Waals surface area contributed by atoms with Crippen LogP contribution in [0.5, 0.6) is 11.5 Å². The molecule has 0 spiro atoms. The van der Waals surface area contributed by atoms with Gasteiger partial charge in [0.15, 0.2) is 11.5 Å². The number of hydrogen-bond donors (Lipinski definition) is 1. The smallest absolute Gasteiger partial charge is 0.163 e. The average molecular weight is 339 g/mol. The second-order valence-corrected chi connectivity index (χ2v) is 6.70. The molecule has 3 nitrogen and oxygen atoms in total. The highest BCUT2D eigenvalue weighted by Gasteiger charge is 2.24. The maximum atomic E-state index is 6.45. The third-order valence-corrected chi connectivity index (χ3v) is 4.94. The van der Waals surface area contributed by atoms with Crippen LogP contribution in [0, 0.1) is 5.92 Å². The van der Waals surface area contributed by atoms with E-state index in [9.17, 15) is 0 Å². The lowest BCUT2D eigenvalue weighted by Gasteiger charge is -2.27. The standard InChI is InChI=1S/C19H28ClNO2/c1-4-10-23-19-12-16(20)15(11-18(19)22-5-2)13-21-17-9-7-6-8-14(17)3/h4,11-12,14,17,21H,1,5-10,13H2,2-3H3/p+1/t14-,17+/m1/s1. The lowest BCUT2D eigenvalue weighted by molar-refractivity contribution is -0.712. The van der Waals surface area contributed by atoms with Crippen LogP contribution in [0.1, 0.15) is 45.1 Å². The molecule has 1 saturated carbocycles. The molecule has 1 aliphatic rings. The second-order valence-electron chi connectivity index (χ2n) is 6.29. The predicted molar refractivity (Wildman–Crippen MR) is 95.4 cm³/mol. The van der Waals surface area contributed by atoms with Crippen LogP contribution < -0.4 is 14.8 Å². The van der Waals surface area contributed by atoms with Gasteiger partial charge in [-0.15, -0.1) is 0 Å². The van der Waals surface area contributed by atoms with Gasteiger partial charge in [0.25, 0.3) is 0 Å². The Kier molecular flexibility index (Phi) is 7.25. The minimum absolute atomic E-state index is 0.446. The van der Waals surface area contributed by atoms with E-state index in [4.69, 9.17) is 21.1 Å². The Balaban J connectivity index is 2.08. The fourth-order valence-corrected chi connectivity index (χ4v) is 3.47. The first-order valence-electron chi connectivity index (χ1n) is 8.68. The van der Waals surface area contributed by atoms with Crippen LogP contribution in [0.15, 0.2) is 24.8 Å². The zero-order valence-corrected chi connectivity index (χ0v) is 15.1. The Bertz CT molecular complexity index is 518. The van der Waals surface area contributed by atoms with Gasteiger partial charge in [0.2, 0.25) is 0 Å². The number of rotatable bonds is 8. The van der Waals surface area contributed by atoms with Gasteiger partial charge in [-0.25, -0.2) is 0 Å². The van der Waals surface area contributed by atoms with E-state index in [1.54, 1.807) is 6.08 Å². The first-order chi connectivity index (χ1) is 11.2. The van der Waals surface area contributed by atoms with Crippen molar-refractivity contribution in [2.45, 2.75) is 52.1 Å². The van der Waals surface area contributed by atoms with Crippen molar-refractivity contribution in [3.05, 3.63) is 35.4 Å². The molecule has 0 bridgehead atoms. The molecule has 0 saturated heterocycles. The lowest BCUT2D eigenvalue weighted by atomic mass is 9.86. The monoisotopic (exact) mass is 338 g/mol. The highest BCUT2D eigenvalue weighted by atomic mass is 35.5. The van der Waals surface area contributed by atoms with Crippen LogP contribution in [0.2, 0.25) is 5.02 Å². The van der Waals surface area contributed by atoms with Crippen LogP contribution in [-0.2, 0) is 6.54 Å². The summed E-state index contributed by atoms with van der Waals surface area (Å²) < 4.78 is 11.4. The minimum Gasteiger partial charge on any atom is -0.490 e. The van der Waals surface area contributed by atoms with Gasteiger partial charge in [0.1, 0.15) is 13.2 Å². The zero-order valence-electron chi connectivity index (χ0n) is 14.3. The van der Waals surface area contributed by atoms with E-state index in [-0.39, 0.29) is 0 Å². The van der Waals surface area contributed by atoms with Gasteiger partial charge in [0, 0.05) is 17.5 Å². The van der Waals surface area contributed by atoms with Crippen molar-refractivity contribution in [3.8, 4) is 11.5 Å². The van der Waals surface area contributed by atoms with Gasteiger partial charge in [-0.2, -0.15) is 0 Å². The highest BCUT2D eigenvalue weighted by molar-refractivity contribution is 6.31. The Hall–Kier alpha value is -1.19. The minimum atomic E-state index is 0.446. The summed E-state index contributed by atoms with van der Waals surface area (Å²) in [5, 5.41) is 3.18. The lowest BCUT2D eigenvalue weighted by Crippen LogP contribution is -2.90. The molecule has 0 amide bonds. The molecule has 1 fully saturated rings. The van der Waals surface area contributed by atoms with Crippen molar-refractivity contribution in [2.75, 3.05) is 13.2 Å². The Morgan fingerprint density at radius 2 is 2.00 bits per heavy atom. The van der Waals surface area contributed by atoms with E-state index < -0.39 is 0 Å². The molecule has 1 aliphatic carbocycles. The maximum Gasteiger partial charge on any atom is 0.163 e. The van der Waals surface area contributed by atoms with Crippen molar-refractivity contribution < 1.29 is 14.8 Å². The molecule has 0 aliphatic heterocycles. The number of ether oxygens (including phenoxy) is 2. The quantitative estimate of drug-likeness (QED) is 0.728. The summed E-state index contributed by atoms with van der Waals surface area (Å²) >= 11 is 6.45. The molecule has 1 aromatic rings. The zero-order chi connectivity index (χ0) is 16.7. The first kappa shape index (κ1) is 18.2. The third-order valence-electron chi connectivity index (χ3n) is 4.59. The van der Waals surface area contributed by atoms with E-state index in [0.29, 0.717) is 25.0 Å². The molecule has 2 rings (SSSR count). The first-order valence-corrected chi connectivity index (χ1v) is 9.05. The van der Waals surface area contributed by atoms with E-state index in [1.165, 1.54) is 25.7 Å². The number of hydrogen-bond acceptors (Lipinski definition) is 2. The second kappa shape index (κ2) is 9.19. The molecule has 0 aromatic heterocycles. The van der Waals surface area contributed by atoms with Crippen molar-refractivity contribution in [1.29, 1.82) is 0 Å². The summed E-state index contributed by atoms with van der Waals surface area (Å²) in [6, 6.07) is 4.59. The Morgan fingerprint density at radius 3 is 2.70 bits per heavy atom. The fraction of sp³-hybridized carbons (Fsp3) is 0.579. The molecule has 0 radical (unpaired) electrons. The Morgan fingerprint density at radius 1 is 1.26 bits per heavy atom. The highest BCUT2D eigenvalue weighted by Crippen LogP contribution is 2.33. The summed E-state index contributed by atoms with van der Waals surface area (Å²) in [6.45, 7) is 9.95. The number of benzene rings is 1. The molecular weight excluding hydrogens is 310 g/mol. The summed E-state index contributed by atoms with van der Waals surface area (Å²) in [6.07, 6.45) is 7.08. The molecule has 128 valence electrons. The largest absolute Gasteiger partial charge is 0.490 e. The summed E-state index contributed by atoms with van der Waals surface area (Å²) in [7, 11) is 0.